The van der Waals surface area contributed by atoms with Gasteiger partial charge in [-0.1, -0.05) is 0 Å². The second-order valence-electron chi connectivity index (χ2n) is 7.97. The number of halogens is 3. The zero-order valence-corrected chi connectivity index (χ0v) is 19.8. The summed E-state index contributed by atoms with van der Waals surface area (Å²) in [7, 11) is 0. The number of carbonyl (C=O) groups is 3. The second kappa shape index (κ2) is 11.4. The normalized spacial score (nSPS) is 18.3. The van der Waals surface area contributed by atoms with Gasteiger partial charge in [0.1, 0.15) is 11.9 Å². The van der Waals surface area contributed by atoms with Gasteiger partial charge in [-0.15, -0.1) is 11.3 Å². The van der Waals surface area contributed by atoms with Gasteiger partial charge in [-0.2, -0.15) is 8.78 Å². The molecule has 0 spiro atoms. The number of amides is 4. The molecule has 2 fully saturated rings. The zero-order valence-electron chi connectivity index (χ0n) is 19.0. The summed E-state index contributed by atoms with van der Waals surface area (Å²) in [6.45, 7) is 1.57. The largest absolute Gasteiger partial charge is 0.442 e. The molecular formula is C21H24F3N7O4S. The first-order valence-electron chi connectivity index (χ1n) is 11.1. The summed E-state index contributed by atoms with van der Waals surface area (Å²) in [5.74, 6) is -2.03. The van der Waals surface area contributed by atoms with E-state index in [-0.39, 0.29) is 24.8 Å². The fourth-order valence-electron chi connectivity index (χ4n) is 3.78. The van der Waals surface area contributed by atoms with Crippen molar-refractivity contribution in [3.8, 4) is 0 Å². The van der Waals surface area contributed by atoms with Crippen LogP contribution in [0.3, 0.4) is 0 Å². The number of anilines is 2. The Morgan fingerprint density at radius 3 is 2.81 bits per heavy atom. The third kappa shape index (κ3) is 6.15. The predicted octanol–water partition coefficient (Wildman–Crippen LogP) is 1.53. The lowest BCUT2D eigenvalue weighted by Gasteiger charge is -2.24. The van der Waals surface area contributed by atoms with Gasteiger partial charge in [0.15, 0.2) is 0 Å². The highest BCUT2D eigenvalue weighted by Crippen LogP contribution is 2.28. The molecule has 2 aliphatic heterocycles. The number of hydrogen-bond donors (Lipinski definition) is 3. The molecule has 15 heteroatoms. The summed E-state index contributed by atoms with van der Waals surface area (Å²) >= 11 is 1.44. The molecule has 3 heterocycles. The number of nitrogens with one attached hydrogen (secondary N) is 3. The predicted molar refractivity (Wildman–Crippen MR) is 124 cm³/mol. The minimum absolute atomic E-state index is 0.0274. The maximum atomic E-state index is 15.0. The Balaban J connectivity index is 1.32. The van der Waals surface area contributed by atoms with E-state index in [1.165, 1.54) is 33.4 Å². The van der Waals surface area contributed by atoms with E-state index in [0.717, 1.165) is 4.88 Å². The zero-order chi connectivity index (χ0) is 25.7. The molecule has 1 unspecified atom stereocenters. The first-order chi connectivity index (χ1) is 17.3. The van der Waals surface area contributed by atoms with Crippen molar-refractivity contribution in [2.75, 3.05) is 49.1 Å². The van der Waals surface area contributed by atoms with Crippen molar-refractivity contribution in [1.82, 2.24) is 26.1 Å². The van der Waals surface area contributed by atoms with Crippen LogP contribution in [-0.2, 0) is 16.1 Å². The molecule has 4 amide bonds. The lowest BCUT2D eigenvalue weighted by Crippen LogP contribution is -2.48. The molecule has 0 saturated carbocycles. The monoisotopic (exact) mass is 527 g/mol. The maximum Gasteiger partial charge on any atom is 0.414 e. The number of cyclic esters (lactones) is 1. The van der Waals surface area contributed by atoms with Gasteiger partial charge in [-0.05, 0) is 18.2 Å². The number of urea groups is 1. The van der Waals surface area contributed by atoms with Crippen LogP contribution < -0.4 is 25.9 Å². The smallest absolute Gasteiger partial charge is 0.414 e. The van der Waals surface area contributed by atoms with E-state index < -0.39 is 30.3 Å². The Hall–Kier alpha value is -3.59. The van der Waals surface area contributed by atoms with E-state index >= 15 is 4.39 Å². The third-order valence-corrected chi connectivity index (χ3v) is 6.36. The fraction of sp³-hybridized carbons (Fsp3) is 0.429. The molecule has 11 nitrogen and oxygen atoms in total. The van der Waals surface area contributed by atoms with Gasteiger partial charge >= 0.3 is 18.5 Å². The molecule has 1 aromatic heterocycles. The van der Waals surface area contributed by atoms with Gasteiger partial charge in [0.2, 0.25) is 0 Å². The molecule has 36 heavy (non-hydrogen) atoms. The van der Waals surface area contributed by atoms with Crippen molar-refractivity contribution in [2.24, 2.45) is 0 Å². The number of benzene rings is 1. The number of hydrazine groups is 1. The average Bonchev–Trinajstić information content (AvgIpc) is 3.44. The number of carbonyl (C=O) groups excluding carboxylic acids is 3. The number of thiazole rings is 1. The summed E-state index contributed by atoms with van der Waals surface area (Å²) in [5.41, 5.74) is 5.25. The second-order valence-corrected chi connectivity index (χ2v) is 8.94. The van der Waals surface area contributed by atoms with Crippen molar-refractivity contribution in [2.45, 2.75) is 19.1 Å². The Labute approximate surface area is 208 Å². The number of aromatic nitrogens is 1. The van der Waals surface area contributed by atoms with Crippen LogP contribution in [0.5, 0.6) is 0 Å². The Bertz CT molecular complexity index is 1090. The van der Waals surface area contributed by atoms with Gasteiger partial charge in [-0.3, -0.25) is 19.7 Å². The van der Waals surface area contributed by atoms with Gasteiger partial charge in [-0.25, -0.2) is 19.4 Å². The van der Waals surface area contributed by atoms with E-state index in [2.05, 4.69) is 15.7 Å². The fourth-order valence-corrected chi connectivity index (χ4v) is 4.32. The average molecular weight is 528 g/mol. The van der Waals surface area contributed by atoms with Gasteiger partial charge in [0, 0.05) is 30.7 Å². The van der Waals surface area contributed by atoms with Crippen LogP contribution in [0.4, 0.5) is 34.1 Å². The molecule has 0 radical (unpaired) electrons. The Morgan fingerprint density at radius 1 is 1.25 bits per heavy atom. The van der Waals surface area contributed by atoms with Crippen LogP contribution in [0, 0.1) is 5.82 Å². The Morgan fingerprint density at radius 2 is 2.08 bits per heavy atom. The number of hydrogen-bond acceptors (Lipinski definition) is 8. The number of nitrogens with zero attached hydrogens (tertiary/aromatic N) is 4. The molecule has 0 aliphatic carbocycles. The minimum atomic E-state index is -3.17. The lowest BCUT2D eigenvalue weighted by molar-refractivity contribution is -0.132. The number of ether oxygens (including phenoxy) is 1. The van der Waals surface area contributed by atoms with Crippen molar-refractivity contribution < 1.29 is 32.3 Å². The molecular weight excluding hydrogens is 503 g/mol. The summed E-state index contributed by atoms with van der Waals surface area (Å²) in [5, 5.41) is 6.25. The van der Waals surface area contributed by atoms with Gasteiger partial charge in [0.05, 0.1) is 43.1 Å². The summed E-state index contributed by atoms with van der Waals surface area (Å²) in [6.07, 6.45) is -3.09. The van der Waals surface area contributed by atoms with Crippen molar-refractivity contribution >= 4 is 40.7 Å². The molecule has 2 aliphatic rings. The van der Waals surface area contributed by atoms with Gasteiger partial charge in [0.25, 0.3) is 5.91 Å². The van der Waals surface area contributed by atoms with Crippen LogP contribution in [0.15, 0.2) is 29.9 Å². The van der Waals surface area contributed by atoms with Crippen molar-refractivity contribution in [3.05, 3.63) is 40.6 Å². The van der Waals surface area contributed by atoms with Crippen molar-refractivity contribution in [3.63, 3.8) is 0 Å². The van der Waals surface area contributed by atoms with E-state index in [9.17, 15) is 23.2 Å². The third-order valence-electron chi connectivity index (χ3n) is 5.58. The molecule has 1 aromatic carbocycles. The SMILES string of the molecule is O=C(NCC1CN(c2ccc(N3CCNN(C(=O)NCc4cncs4)CC3)c(F)c2)C(=O)O1)C(F)F. The molecule has 2 saturated heterocycles. The lowest BCUT2D eigenvalue weighted by atomic mass is 10.2. The molecule has 0 bridgehead atoms. The summed E-state index contributed by atoms with van der Waals surface area (Å²) in [6, 6.07) is 3.98. The highest BCUT2D eigenvalue weighted by molar-refractivity contribution is 7.09. The molecule has 4 rings (SSSR count). The van der Waals surface area contributed by atoms with E-state index in [1.54, 1.807) is 22.7 Å². The van der Waals surface area contributed by atoms with E-state index in [1.807, 2.05) is 5.32 Å². The van der Waals surface area contributed by atoms with Gasteiger partial charge < -0.3 is 20.3 Å². The highest BCUT2D eigenvalue weighted by Gasteiger charge is 2.33. The van der Waals surface area contributed by atoms with Crippen LogP contribution >= 0.6 is 11.3 Å². The van der Waals surface area contributed by atoms with Crippen LogP contribution in [0.2, 0.25) is 0 Å². The minimum Gasteiger partial charge on any atom is -0.442 e. The number of alkyl halides is 2. The van der Waals surface area contributed by atoms with E-state index in [0.29, 0.717) is 38.4 Å². The molecule has 2 aromatic rings. The molecule has 3 N–H and O–H groups in total. The Kier molecular flexibility index (Phi) is 8.10. The summed E-state index contributed by atoms with van der Waals surface area (Å²) < 4.78 is 44.8. The highest BCUT2D eigenvalue weighted by atomic mass is 32.1. The molecule has 1 atom stereocenters. The summed E-state index contributed by atoms with van der Waals surface area (Å²) in [4.78, 5) is 43.5. The topological polar surface area (TPSA) is 119 Å². The number of rotatable bonds is 7. The molecule has 194 valence electrons. The first-order valence-corrected chi connectivity index (χ1v) is 11.9. The quantitative estimate of drug-likeness (QED) is 0.500. The van der Waals surface area contributed by atoms with Crippen LogP contribution in [-0.4, -0.2) is 79.8 Å². The standard InChI is InChI=1S/C21H24F3N7O4S/c22-16-7-13(30-11-14(35-21(30)34)8-26-19(32)18(23)24)1-2-17(16)29-4-3-28-31(6-5-29)20(33)27-10-15-9-25-12-36-15/h1-2,7,9,12,14,18,28H,3-6,8,10-11H2,(H,26,32)(H,27,33). The van der Waals surface area contributed by atoms with Crippen molar-refractivity contribution in [1.29, 1.82) is 0 Å². The van der Waals surface area contributed by atoms with Crippen LogP contribution in [0.1, 0.15) is 4.88 Å². The first kappa shape index (κ1) is 25.5. The van der Waals surface area contributed by atoms with E-state index in [4.69, 9.17) is 4.74 Å². The maximum absolute atomic E-state index is 15.0. The van der Waals surface area contributed by atoms with Crippen LogP contribution in [0.25, 0.3) is 0 Å².